The molecule has 2 rings (SSSR count). The van der Waals surface area contributed by atoms with Crippen LogP contribution in [-0.4, -0.2) is 6.10 Å². The Labute approximate surface area is 139 Å². The van der Waals surface area contributed by atoms with Crippen LogP contribution >= 0.6 is 27.5 Å². The van der Waals surface area contributed by atoms with E-state index >= 15 is 0 Å². The minimum absolute atomic E-state index is 0.229. The highest BCUT2D eigenvalue weighted by Crippen LogP contribution is 2.24. The monoisotopic (exact) mass is 367 g/mol. The zero-order valence-corrected chi connectivity index (χ0v) is 14.5. The molecule has 2 aromatic carbocycles. The predicted molar refractivity (Wildman–Crippen MR) is 93.3 cm³/mol. The molecule has 0 aliphatic rings. The van der Waals surface area contributed by atoms with Crippen molar-refractivity contribution >= 4 is 33.2 Å². The highest BCUT2D eigenvalue weighted by molar-refractivity contribution is 9.10. The lowest BCUT2D eigenvalue weighted by atomic mass is 10.2. The summed E-state index contributed by atoms with van der Waals surface area (Å²) < 4.78 is 6.74. The number of benzene rings is 2. The molecule has 0 aliphatic carbocycles. The fraction of sp³-hybridized carbons (Fsp3) is 0.294. The number of rotatable bonds is 6. The highest BCUT2D eigenvalue weighted by Gasteiger charge is 2.03. The Kier molecular flexibility index (Phi) is 5.95. The Morgan fingerprint density at radius 3 is 2.76 bits per heavy atom. The molecule has 0 bridgehead atoms. The maximum absolute atomic E-state index is 6.00. The lowest BCUT2D eigenvalue weighted by Gasteiger charge is -2.14. The lowest BCUT2D eigenvalue weighted by molar-refractivity contribution is 0.217. The van der Waals surface area contributed by atoms with Crippen LogP contribution in [0.3, 0.4) is 0 Å². The number of anilines is 1. The standard InChI is InChI=1S/C17H19BrClNO/c1-3-12(2)21-15-6-4-5-14(10-15)20-11-13-7-8-17(19)16(18)9-13/h4-10,12,20H,3,11H2,1-2H3. The third-order valence-electron chi connectivity index (χ3n) is 3.23. The summed E-state index contributed by atoms with van der Waals surface area (Å²) in [5.41, 5.74) is 2.21. The Bertz CT molecular complexity index is 603. The van der Waals surface area contributed by atoms with Gasteiger partial charge in [0.1, 0.15) is 5.75 Å². The number of hydrogen-bond donors (Lipinski definition) is 1. The van der Waals surface area contributed by atoms with E-state index in [0.717, 1.165) is 33.9 Å². The summed E-state index contributed by atoms with van der Waals surface area (Å²) in [6.07, 6.45) is 1.23. The van der Waals surface area contributed by atoms with E-state index in [4.69, 9.17) is 16.3 Å². The first-order valence-electron chi connectivity index (χ1n) is 7.03. The molecule has 1 N–H and O–H groups in total. The van der Waals surface area contributed by atoms with Crippen molar-refractivity contribution in [1.29, 1.82) is 0 Å². The van der Waals surface area contributed by atoms with Crippen LogP contribution in [0.1, 0.15) is 25.8 Å². The highest BCUT2D eigenvalue weighted by atomic mass is 79.9. The average Bonchev–Trinajstić information content (AvgIpc) is 2.49. The van der Waals surface area contributed by atoms with E-state index in [1.165, 1.54) is 5.56 Å². The van der Waals surface area contributed by atoms with Gasteiger partial charge in [0.15, 0.2) is 0 Å². The van der Waals surface area contributed by atoms with Crippen molar-refractivity contribution in [3.05, 3.63) is 57.5 Å². The van der Waals surface area contributed by atoms with Crippen molar-refractivity contribution in [3.63, 3.8) is 0 Å². The molecule has 0 heterocycles. The summed E-state index contributed by atoms with van der Waals surface area (Å²) >= 11 is 9.44. The Balaban J connectivity index is 1.99. The Hall–Kier alpha value is -1.19. The molecule has 0 saturated heterocycles. The quantitative estimate of drug-likeness (QED) is 0.686. The predicted octanol–water partition coefficient (Wildman–Crippen LogP) is 5.89. The topological polar surface area (TPSA) is 21.3 Å². The van der Waals surface area contributed by atoms with Crippen molar-refractivity contribution in [2.45, 2.75) is 32.9 Å². The molecular formula is C17H19BrClNO. The summed E-state index contributed by atoms with van der Waals surface area (Å²) in [6.45, 7) is 4.93. The molecule has 0 aromatic heterocycles. The first-order valence-corrected chi connectivity index (χ1v) is 8.20. The summed E-state index contributed by atoms with van der Waals surface area (Å²) in [5, 5.41) is 4.12. The molecule has 0 saturated carbocycles. The average molecular weight is 369 g/mol. The molecule has 112 valence electrons. The third-order valence-corrected chi connectivity index (χ3v) is 4.44. The molecule has 4 heteroatoms. The third kappa shape index (κ3) is 4.94. The largest absolute Gasteiger partial charge is 0.491 e. The molecule has 0 radical (unpaired) electrons. The van der Waals surface area contributed by atoms with E-state index in [1.54, 1.807) is 0 Å². The zero-order valence-electron chi connectivity index (χ0n) is 12.2. The van der Waals surface area contributed by atoms with Gasteiger partial charge < -0.3 is 10.1 Å². The summed E-state index contributed by atoms with van der Waals surface area (Å²) in [6, 6.07) is 14.0. The number of halogens is 2. The maximum atomic E-state index is 6.00. The molecule has 0 fully saturated rings. The van der Waals surface area contributed by atoms with Crippen LogP contribution in [-0.2, 0) is 6.54 Å². The first kappa shape index (κ1) is 16.2. The summed E-state index contributed by atoms with van der Waals surface area (Å²) in [7, 11) is 0. The van der Waals surface area contributed by atoms with E-state index in [1.807, 2.05) is 42.5 Å². The number of nitrogens with one attached hydrogen (secondary N) is 1. The Morgan fingerprint density at radius 2 is 2.05 bits per heavy atom. The first-order chi connectivity index (χ1) is 10.1. The molecule has 0 aliphatic heterocycles. The van der Waals surface area contributed by atoms with Gasteiger partial charge in [0.2, 0.25) is 0 Å². The Morgan fingerprint density at radius 1 is 1.24 bits per heavy atom. The minimum Gasteiger partial charge on any atom is -0.491 e. The smallest absolute Gasteiger partial charge is 0.121 e. The molecule has 21 heavy (non-hydrogen) atoms. The van der Waals surface area contributed by atoms with Gasteiger partial charge in [0, 0.05) is 22.8 Å². The van der Waals surface area contributed by atoms with Gasteiger partial charge in [-0.15, -0.1) is 0 Å². The second kappa shape index (κ2) is 7.71. The van der Waals surface area contributed by atoms with Gasteiger partial charge in [0.25, 0.3) is 0 Å². The van der Waals surface area contributed by atoms with Gasteiger partial charge in [-0.2, -0.15) is 0 Å². The number of hydrogen-bond acceptors (Lipinski definition) is 2. The maximum Gasteiger partial charge on any atom is 0.121 e. The van der Waals surface area contributed by atoms with E-state index < -0.39 is 0 Å². The van der Waals surface area contributed by atoms with Crippen LogP contribution in [0.25, 0.3) is 0 Å². The summed E-state index contributed by atoms with van der Waals surface area (Å²) in [5.74, 6) is 0.895. The van der Waals surface area contributed by atoms with Gasteiger partial charge in [-0.05, 0) is 59.1 Å². The normalized spacial score (nSPS) is 12.0. The lowest BCUT2D eigenvalue weighted by Crippen LogP contribution is -2.09. The van der Waals surface area contributed by atoms with Crippen LogP contribution in [0.5, 0.6) is 5.75 Å². The molecular weight excluding hydrogens is 350 g/mol. The van der Waals surface area contributed by atoms with Crippen LogP contribution in [0.2, 0.25) is 5.02 Å². The van der Waals surface area contributed by atoms with Gasteiger partial charge >= 0.3 is 0 Å². The second-order valence-corrected chi connectivity index (χ2v) is 6.23. The summed E-state index contributed by atoms with van der Waals surface area (Å²) in [4.78, 5) is 0. The zero-order chi connectivity index (χ0) is 15.2. The van der Waals surface area contributed by atoms with Crippen LogP contribution in [0, 0.1) is 0 Å². The van der Waals surface area contributed by atoms with E-state index in [-0.39, 0.29) is 6.10 Å². The van der Waals surface area contributed by atoms with E-state index in [9.17, 15) is 0 Å². The molecule has 0 amide bonds. The van der Waals surface area contributed by atoms with Gasteiger partial charge in [0.05, 0.1) is 11.1 Å². The van der Waals surface area contributed by atoms with Crippen molar-refractivity contribution in [3.8, 4) is 5.75 Å². The second-order valence-electron chi connectivity index (χ2n) is 4.97. The van der Waals surface area contributed by atoms with Crippen molar-refractivity contribution < 1.29 is 4.74 Å². The molecule has 1 atom stereocenters. The van der Waals surface area contributed by atoms with Gasteiger partial charge in [-0.3, -0.25) is 0 Å². The molecule has 2 aromatic rings. The van der Waals surface area contributed by atoms with Crippen molar-refractivity contribution in [1.82, 2.24) is 0 Å². The van der Waals surface area contributed by atoms with Gasteiger partial charge in [-0.25, -0.2) is 0 Å². The molecule has 0 spiro atoms. The molecule has 2 nitrogen and oxygen atoms in total. The number of ether oxygens (including phenoxy) is 1. The van der Waals surface area contributed by atoms with Gasteiger partial charge in [-0.1, -0.05) is 30.7 Å². The van der Waals surface area contributed by atoms with E-state index in [2.05, 4.69) is 35.1 Å². The van der Waals surface area contributed by atoms with E-state index in [0.29, 0.717) is 0 Å². The van der Waals surface area contributed by atoms with Crippen molar-refractivity contribution in [2.75, 3.05) is 5.32 Å². The fourth-order valence-corrected chi connectivity index (χ4v) is 2.39. The SMILES string of the molecule is CCC(C)Oc1cccc(NCc2ccc(Cl)c(Br)c2)c1. The molecule has 1 unspecified atom stereocenters. The van der Waals surface area contributed by atoms with Crippen molar-refractivity contribution in [2.24, 2.45) is 0 Å². The van der Waals surface area contributed by atoms with Crippen LogP contribution in [0.4, 0.5) is 5.69 Å². The van der Waals surface area contributed by atoms with Crippen LogP contribution < -0.4 is 10.1 Å². The minimum atomic E-state index is 0.229. The fourth-order valence-electron chi connectivity index (χ4n) is 1.85. The van der Waals surface area contributed by atoms with Crippen LogP contribution in [0.15, 0.2) is 46.9 Å².